The van der Waals surface area contributed by atoms with Gasteiger partial charge in [0.2, 0.25) is 0 Å². The molecule has 0 aliphatic heterocycles. The zero-order valence-corrected chi connectivity index (χ0v) is 11.9. The van der Waals surface area contributed by atoms with E-state index in [4.69, 9.17) is 9.47 Å². The molecule has 0 unspecified atom stereocenters. The quantitative estimate of drug-likeness (QED) is 0.831. The maximum atomic E-state index is 12.0. The highest BCUT2D eigenvalue weighted by molar-refractivity contribution is 5.88. The molecule has 1 heterocycles. The molecule has 0 aromatic carbocycles. The molecule has 1 fully saturated rings. The van der Waals surface area contributed by atoms with Crippen LogP contribution in [0.5, 0.6) is 0 Å². The maximum absolute atomic E-state index is 12.0. The van der Waals surface area contributed by atoms with E-state index in [1.165, 1.54) is 6.20 Å². The van der Waals surface area contributed by atoms with E-state index in [1.807, 2.05) is 6.92 Å². The van der Waals surface area contributed by atoms with Crippen molar-refractivity contribution in [2.45, 2.75) is 45.1 Å². The van der Waals surface area contributed by atoms with E-state index in [0.717, 1.165) is 25.7 Å². The molecule has 0 radical (unpaired) electrons. The lowest BCUT2D eigenvalue weighted by Crippen LogP contribution is -2.33. The molecule has 0 spiro atoms. The molecule has 2 rings (SSSR count). The van der Waals surface area contributed by atoms with Gasteiger partial charge in [-0.2, -0.15) is 0 Å². The van der Waals surface area contributed by atoms with Crippen molar-refractivity contribution < 1.29 is 14.3 Å². The Bertz CT molecular complexity index is 532. The molecule has 1 aliphatic carbocycles. The number of rotatable bonds is 5. The van der Waals surface area contributed by atoms with Gasteiger partial charge in [-0.3, -0.25) is 4.79 Å². The number of ether oxygens (including phenoxy) is 2. The minimum absolute atomic E-state index is 0.0692. The van der Waals surface area contributed by atoms with Crippen LogP contribution < -0.4 is 5.56 Å². The van der Waals surface area contributed by atoms with Crippen LogP contribution >= 0.6 is 0 Å². The van der Waals surface area contributed by atoms with Crippen molar-refractivity contribution in [3.8, 4) is 0 Å². The van der Waals surface area contributed by atoms with Crippen LogP contribution in [0, 0.1) is 0 Å². The molecule has 1 N–H and O–H groups in total. The van der Waals surface area contributed by atoms with Gasteiger partial charge >= 0.3 is 5.97 Å². The molecule has 0 atom stereocenters. The first-order valence-corrected chi connectivity index (χ1v) is 7.04. The fraction of sp³-hybridized carbons (Fsp3) is 0.643. The van der Waals surface area contributed by atoms with E-state index in [-0.39, 0.29) is 12.2 Å². The van der Waals surface area contributed by atoms with E-state index in [2.05, 4.69) is 9.97 Å². The minimum atomic E-state index is -0.648. The molecular weight excluding hydrogens is 260 g/mol. The number of aromatic amines is 1. The lowest BCUT2D eigenvalue weighted by molar-refractivity contribution is -0.0459. The summed E-state index contributed by atoms with van der Waals surface area (Å²) in [6.07, 6.45) is 5.04. The summed E-state index contributed by atoms with van der Waals surface area (Å²) in [5.74, 6) is -0.139. The summed E-state index contributed by atoms with van der Waals surface area (Å²) in [7, 11) is 0. The summed E-state index contributed by atoms with van der Waals surface area (Å²) in [4.78, 5) is 30.5. The largest absolute Gasteiger partial charge is 0.462 e. The molecule has 1 aromatic heterocycles. The fourth-order valence-electron chi connectivity index (χ4n) is 2.65. The van der Waals surface area contributed by atoms with E-state index >= 15 is 0 Å². The molecule has 1 aliphatic rings. The van der Waals surface area contributed by atoms with Gasteiger partial charge < -0.3 is 14.5 Å². The number of H-pyrrole nitrogens is 1. The van der Waals surface area contributed by atoms with Gasteiger partial charge in [-0.1, -0.05) is 0 Å². The predicted octanol–water partition coefficient (Wildman–Crippen LogP) is 1.75. The molecule has 6 heteroatoms. The summed E-state index contributed by atoms with van der Waals surface area (Å²) in [5, 5.41) is 0. The van der Waals surface area contributed by atoms with Crippen molar-refractivity contribution in [1.82, 2.24) is 9.97 Å². The van der Waals surface area contributed by atoms with Gasteiger partial charge in [0.15, 0.2) is 0 Å². The Balaban J connectivity index is 2.32. The average Bonchev–Trinajstić information content (AvgIpc) is 2.89. The third kappa shape index (κ3) is 2.75. The van der Waals surface area contributed by atoms with Crippen LogP contribution in [0.1, 0.15) is 55.7 Å². The fourth-order valence-corrected chi connectivity index (χ4v) is 2.65. The summed E-state index contributed by atoms with van der Waals surface area (Å²) in [6, 6.07) is 0. The van der Waals surface area contributed by atoms with Crippen LogP contribution in [0.4, 0.5) is 0 Å². The number of esters is 1. The highest BCUT2D eigenvalue weighted by Crippen LogP contribution is 2.39. The van der Waals surface area contributed by atoms with E-state index in [0.29, 0.717) is 12.4 Å². The van der Waals surface area contributed by atoms with Crippen molar-refractivity contribution in [1.29, 1.82) is 0 Å². The number of aromatic nitrogens is 2. The van der Waals surface area contributed by atoms with Crippen LogP contribution in [0.2, 0.25) is 0 Å². The Morgan fingerprint density at radius 2 is 2.05 bits per heavy atom. The first-order valence-electron chi connectivity index (χ1n) is 7.04. The van der Waals surface area contributed by atoms with E-state index in [1.54, 1.807) is 6.92 Å². The Hall–Kier alpha value is -1.69. The van der Waals surface area contributed by atoms with Gasteiger partial charge in [0.25, 0.3) is 5.56 Å². The number of nitrogens with one attached hydrogen (secondary N) is 1. The van der Waals surface area contributed by atoms with Gasteiger partial charge in [-0.15, -0.1) is 0 Å². The Kier molecular flexibility index (Phi) is 4.54. The second-order valence-electron chi connectivity index (χ2n) is 4.83. The maximum Gasteiger partial charge on any atom is 0.345 e. The smallest absolute Gasteiger partial charge is 0.345 e. The second-order valence-corrected chi connectivity index (χ2v) is 4.83. The van der Waals surface area contributed by atoms with Gasteiger partial charge in [-0.25, -0.2) is 9.78 Å². The zero-order chi connectivity index (χ0) is 14.6. The molecule has 1 saturated carbocycles. The van der Waals surface area contributed by atoms with E-state index < -0.39 is 17.1 Å². The van der Waals surface area contributed by atoms with Crippen molar-refractivity contribution in [3.63, 3.8) is 0 Å². The van der Waals surface area contributed by atoms with Crippen LogP contribution in [-0.4, -0.2) is 29.2 Å². The molecule has 0 bridgehead atoms. The normalized spacial score (nSPS) is 17.1. The number of carbonyl (C=O) groups excluding carboxylic acids is 1. The molecule has 6 nitrogen and oxygen atoms in total. The third-order valence-corrected chi connectivity index (χ3v) is 3.56. The number of carbonyl (C=O) groups is 1. The lowest BCUT2D eigenvalue weighted by atomic mass is 10.0. The lowest BCUT2D eigenvalue weighted by Gasteiger charge is -2.27. The highest BCUT2D eigenvalue weighted by atomic mass is 16.5. The van der Waals surface area contributed by atoms with Crippen LogP contribution in [0.3, 0.4) is 0 Å². The van der Waals surface area contributed by atoms with Crippen LogP contribution in [0.25, 0.3) is 0 Å². The van der Waals surface area contributed by atoms with Crippen LogP contribution in [0.15, 0.2) is 11.0 Å². The molecule has 110 valence electrons. The van der Waals surface area contributed by atoms with Crippen molar-refractivity contribution in [3.05, 3.63) is 27.9 Å². The second kappa shape index (κ2) is 6.17. The minimum Gasteiger partial charge on any atom is -0.462 e. The predicted molar refractivity (Wildman–Crippen MR) is 72.6 cm³/mol. The van der Waals surface area contributed by atoms with Crippen LogP contribution in [-0.2, 0) is 15.1 Å². The number of nitrogens with zero attached hydrogens (tertiary/aromatic N) is 1. The molecular formula is C14H20N2O4. The summed E-state index contributed by atoms with van der Waals surface area (Å²) < 4.78 is 10.6. The SMILES string of the molecule is CCOC(=O)c1cnc(C2(OCC)CCCC2)[nH]c1=O. The first kappa shape index (κ1) is 14.7. The summed E-state index contributed by atoms with van der Waals surface area (Å²) >= 11 is 0. The molecule has 0 amide bonds. The van der Waals surface area contributed by atoms with E-state index in [9.17, 15) is 9.59 Å². The van der Waals surface area contributed by atoms with Gasteiger partial charge in [-0.05, 0) is 39.5 Å². The number of hydrogen-bond acceptors (Lipinski definition) is 5. The third-order valence-electron chi connectivity index (χ3n) is 3.56. The molecule has 20 heavy (non-hydrogen) atoms. The van der Waals surface area contributed by atoms with Gasteiger partial charge in [0.05, 0.1) is 6.61 Å². The highest BCUT2D eigenvalue weighted by Gasteiger charge is 2.39. The summed E-state index contributed by atoms with van der Waals surface area (Å²) in [6.45, 7) is 4.40. The average molecular weight is 280 g/mol. The summed E-state index contributed by atoms with van der Waals surface area (Å²) in [5.41, 5.74) is -1.05. The van der Waals surface area contributed by atoms with Gasteiger partial charge in [0, 0.05) is 12.8 Å². The standard InChI is InChI=1S/C14H20N2O4/c1-3-19-12(18)10-9-15-13(16-11(10)17)14(20-4-2)7-5-6-8-14/h9H,3-8H2,1-2H3,(H,15,16,17). The topological polar surface area (TPSA) is 81.3 Å². The Morgan fingerprint density at radius 3 is 2.60 bits per heavy atom. The van der Waals surface area contributed by atoms with Crippen molar-refractivity contribution >= 4 is 5.97 Å². The molecule has 0 saturated heterocycles. The monoisotopic (exact) mass is 280 g/mol. The van der Waals surface area contributed by atoms with Crippen molar-refractivity contribution in [2.24, 2.45) is 0 Å². The van der Waals surface area contributed by atoms with Gasteiger partial charge in [0.1, 0.15) is 17.0 Å². The Morgan fingerprint density at radius 1 is 1.35 bits per heavy atom. The number of hydrogen-bond donors (Lipinski definition) is 1. The van der Waals surface area contributed by atoms with Crippen molar-refractivity contribution in [2.75, 3.05) is 13.2 Å². The zero-order valence-electron chi connectivity index (χ0n) is 11.9. The molecule has 1 aromatic rings. The first-order chi connectivity index (χ1) is 9.63. The Labute approximate surface area is 117 Å².